The van der Waals surface area contributed by atoms with Gasteiger partial charge in [0.05, 0.1) is 12.1 Å². The number of aromatic nitrogens is 4. The number of nitrogens with one attached hydrogen (secondary N) is 2. The highest BCUT2D eigenvalue weighted by Gasteiger charge is 2.22. The van der Waals surface area contributed by atoms with Crippen molar-refractivity contribution in [2.75, 3.05) is 13.1 Å². The molecule has 0 aliphatic carbocycles. The predicted octanol–water partition coefficient (Wildman–Crippen LogP) is 0.319. The Morgan fingerprint density at radius 1 is 1.41 bits per heavy atom. The minimum absolute atomic E-state index is 0.0777. The van der Waals surface area contributed by atoms with Crippen molar-refractivity contribution < 1.29 is 4.79 Å². The van der Waals surface area contributed by atoms with Gasteiger partial charge in [-0.1, -0.05) is 19.1 Å². The van der Waals surface area contributed by atoms with E-state index in [0.717, 1.165) is 30.8 Å². The fraction of sp³-hybridized carbons (Fsp3) is 0.467. The molecular weight excluding hydrogens is 280 g/mol. The van der Waals surface area contributed by atoms with E-state index >= 15 is 0 Å². The van der Waals surface area contributed by atoms with Crippen LogP contribution < -0.4 is 10.6 Å². The lowest BCUT2D eigenvalue weighted by Crippen LogP contribution is -2.48. The molecule has 7 nitrogen and oxygen atoms in total. The number of piperidine rings is 1. The van der Waals surface area contributed by atoms with Gasteiger partial charge in [0.1, 0.15) is 6.33 Å². The first-order chi connectivity index (χ1) is 10.7. The molecule has 2 N–H and O–H groups in total. The monoisotopic (exact) mass is 300 g/mol. The van der Waals surface area contributed by atoms with E-state index in [1.54, 1.807) is 11.0 Å². The van der Waals surface area contributed by atoms with Crippen LogP contribution in [0.3, 0.4) is 0 Å². The van der Waals surface area contributed by atoms with Crippen molar-refractivity contribution in [2.24, 2.45) is 5.92 Å². The highest BCUT2D eigenvalue weighted by Crippen LogP contribution is 2.12. The zero-order valence-corrected chi connectivity index (χ0v) is 12.6. The molecule has 0 bridgehead atoms. The maximum absolute atomic E-state index is 12.2. The summed E-state index contributed by atoms with van der Waals surface area (Å²) in [6, 6.07) is 7.96. The van der Waals surface area contributed by atoms with Crippen molar-refractivity contribution in [1.82, 2.24) is 30.8 Å². The number of hydrogen-bond acceptors (Lipinski definition) is 5. The van der Waals surface area contributed by atoms with Gasteiger partial charge in [0.2, 0.25) is 5.91 Å². The molecule has 0 radical (unpaired) electrons. The molecule has 1 amide bonds. The Kier molecular flexibility index (Phi) is 4.43. The van der Waals surface area contributed by atoms with Gasteiger partial charge in [-0.2, -0.15) is 0 Å². The van der Waals surface area contributed by atoms with E-state index in [1.165, 1.54) is 0 Å². The van der Waals surface area contributed by atoms with Gasteiger partial charge in [0.15, 0.2) is 0 Å². The molecule has 116 valence electrons. The third-order valence-electron chi connectivity index (χ3n) is 4.05. The summed E-state index contributed by atoms with van der Waals surface area (Å²) in [6.45, 7) is 4.10. The van der Waals surface area contributed by atoms with Crippen LogP contribution in [0.1, 0.15) is 18.9 Å². The summed E-state index contributed by atoms with van der Waals surface area (Å²) in [6.07, 6.45) is 2.93. The van der Waals surface area contributed by atoms with Gasteiger partial charge < -0.3 is 10.6 Å². The highest BCUT2D eigenvalue weighted by molar-refractivity contribution is 5.79. The Hall–Kier alpha value is -2.28. The second-order valence-electron chi connectivity index (χ2n) is 5.74. The first-order valence-corrected chi connectivity index (χ1v) is 7.55. The summed E-state index contributed by atoms with van der Waals surface area (Å²) in [4.78, 5) is 12.2. The van der Waals surface area contributed by atoms with E-state index < -0.39 is 0 Å². The van der Waals surface area contributed by atoms with Crippen LogP contribution in [0, 0.1) is 5.92 Å². The van der Waals surface area contributed by atoms with Crippen LogP contribution in [0.5, 0.6) is 0 Å². The molecular formula is C15H20N6O. The molecule has 1 aromatic heterocycles. The summed E-state index contributed by atoms with van der Waals surface area (Å²) >= 11 is 0. The van der Waals surface area contributed by atoms with E-state index in [4.69, 9.17) is 0 Å². The third kappa shape index (κ3) is 3.48. The molecule has 7 heteroatoms. The van der Waals surface area contributed by atoms with Crippen molar-refractivity contribution in [1.29, 1.82) is 0 Å². The number of carbonyl (C=O) groups is 1. The summed E-state index contributed by atoms with van der Waals surface area (Å²) in [5.74, 6) is 0.550. The van der Waals surface area contributed by atoms with E-state index in [0.29, 0.717) is 12.3 Å². The summed E-state index contributed by atoms with van der Waals surface area (Å²) < 4.78 is 1.58. The van der Waals surface area contributed by atoms with Crippen molar-refractivity contribution in [3.05, 3.63) is 36.2 Å². The van der Waals surface area contributed by atoms with Crippen LogP contribution in [0.4, 0.5) is 0 Å². The van der Waals surface area contributed by atoms with Crippen LogP contribution in [0.25, 0.3) is 5.69 Å². The molecule has 1 aliphatic heterocycles. The number of nitrogens with zero attached hydrogens (tertiary/aromatic N) is 4. The minimum atomic E-state index is 0.0777. The van der Waals surface area contributed by atoms with E-state index in [1.807, 2.05) is 24.3 Å². The molecule has 2 aromatic rings. The normalized spacial score (nSPS) is 21.5. The lowest BCUT2D eigenvalue weighted by Gasteiger charge is -2.30. The maximum atomic E-state index is 12.2. The predicted molar refractivity (Wildman–Crippen MR) is 81.4 cm³/mol. The number of rotatable bonds is 4. The number of carbonyl (C=O) groups excluding carboxylic acids is 1. The van der Waals surface area contributed by atoms with Gasteiger partial charge in [-0.3, -0.25) is 4.79 Å². The smallest absolute Gasteiger partial charge is 0.224 e. The lowest BCUT2D eigenvalue weighted by molar-refractivity contribution is -0.121. The first kappa shape index (κ1) is 14.6. The molecule has 1 aromatic carbocycles. The number of tetrazole rings is 1. The molecule has 2 unspecified atom stereocenters. The molecule has 2 atom stereocenters. The van der Waals surface area contributed by atoms with Crippen LogP contribution in [0.15, 0.2) is 30.6 Å². The Morgan fingerprint density at radius 3 is 2.91 bits per heavy atom. The van der Waals surface area contributed by atoms with Gasteiger partial charge >= 0.3 is 0 Å². The van der Waals surface area contributed by atoms with Crippen molar-refractivity contribution in [2.45, 2.75) is 25.8 Å². The van der Waals surface area contributed by atoms with E-state index in [9.17, 15) is 4.79 Å². The SMILES string of the molecule is CC1CNCCC1NC(=O)Cc1ccc(-n2cnnn2)cc1. The zero-order valence-electron chi connectivity index (χ0n) is 12.6. The maximum Gasteiger partial charge on any atom is 0.224 e. The molecule has 1 fully saturated rings. The Morgan fingerprint density at radius 2 is 2.23 bits per heavy atom. The van der Waals surface area contributed by atoms with E-state index in [2.05, 4.69) is 33.1 Å². The van der Waals surface area contributed by atoms with Gasteiger partial charge in [0.25, 0.3) is 0 Å². The number of benzene rings is 1. The molecule has 2 heterocycles. The number of amides is 1. The largest absolute Gasteiger partial charge is 0.353 e. The quantitative estimate of drug-likeness (QED) is 0.849. The van der Waals surface area contributed by atoms with Crippen LogP contribution in [-0.4, -0.2) is 45.2 Å². The van der Waals surface area contributed by atoms with Crippen LogP contribution >= 0.6 is 0 Å². The average Bonchev–Trinajstić information content (AvgIpc) is 3.05. The van der Waals surface area contributed by atoms with Crippen LogP contribution in [0.2, 0.25) is 0 Å². The van der Waals surface area contributed by atoms with Gasteiger partial charge in [-0.05, 0) is 53.6 Å². The minimum Gasteiger partial charge on any atom is -0.353 e. The lowest BCUT2D eigenvalue weighted by atomic mass is 9.95. The van der Waals surface area contributed by atoms with Crippen LogP contribution in [-0.2, 0) is 11.2 Å². The van der Waals surface area contributed by atoms with E-state index in [-0.39, 0.29) is 11.9 Å². The number of hydrogen-bond donors (Lipinski definition) is 2. The van der Waals surface area contributed by atoms with Gasteiger partial charge in [0, 0.05) is 6.04 Å². The third-order valence-corrected chi connectivity index (χ3v) is 4.05. The fourth-order valence-corrected chi connectivity index (χ4v) is 2.72. The van der Waals surface area contributed by atoms with Crippen molar-refractivity contribution >= 4 is 5.91 Å². The average molecular weight is 300 g/mol. The fourth-order valence-electron chi connectivity index (χ4n) is 2.72. The zero-order chi connectivity index (χ0) is 15.4. The molecule has 22 heavy (non-hydrogen) atoms. The second kappa shape index (κ2) is 6.65. The Bertz CT molecular complexity index is 609. The summed E-state index contributed by atoms with van der Waals surface area (Å²) in [7, 11) is 0. The molecule has 0 spiro atoms. The standard InChI is InChI=1S/C15H20N6O/c1-11-9-16-7-6-14(11)18-15(22)8-12-2-4-13(5-3-12)21-10-17-19-20-21/h2-5,10-11,14,16H,6-9H2,1H3,(H,18,22). The summed E-state index contributed by atoms with van der Waals surface area (Å²) in [5, 5.41) is 17.5. The van der Waals surface area contributed by atoms with Gasteiger partial charge in [-0.15, -0.1) is 5.10 Å². The topological polar surface area (TPSA) is 84.7 Å². The van der Waals surface area contributed by atoms with Crippen molar-refractivity contribution in [3.8, 4) is 5.69 Å². The second-order valence-corrected chi connectivity index (χ2v) is 5.74. The van der Waals surface area contributed by atoms with Gasteiger partial charge in [-0.25, -0.2) is 4.68 Å². The molecule has 0 saturated carbocycles. The molecule has 1 aliphatic rings. The summed E-state index contributed by atoms with van der Waals surface area (Å²) in [5.41, 5.74) is 1.86. The first-order valence-electron chi connectivity index (χ1n) is 7.55. The Balaban J connectivity index is 1.57. The molecule has 1 saturated heterocycles. The Labute approximate surface area is 129 Å². The van der Waals surface area contributed by atoms with Crippen molar-refractivity contribution in [3.63, 3.8) is 0 Å². The molecule has 3 rings (SSSR count). The highest BCUT2D eigenvalue weighted by atomic mass is 16.1.